The Labute approximate surface area is 140 Å². The topological polar surface area (TPSA) is 21.3 Å². The fourth-order valence-electron chi connectivity index (χ4n) is 1.81. The molecule has 0 saturated heterocycles. The number of halogens is 3. The van der Waals surface area contributed by atoms with Crippen LogP contribution in [0.2, 0.25) is 0 Å². The molecule has 110 valence electrons. The van der Waals surface area contributed by atoms with Crippen LogP contribution in [0.5, 0.6) is 5.75 Å². The number of benzene rings is 2. The molecule has 0 atom stereocenters. The molecule has 2 rings (SSSR count). The molecule has 0 radical (unpaired) electrons. The van der Waals surface area contributed by atoms with Crippen LogP contribution >= 0.6 is 31.9 Å². The Morgan fingerprint density at radius 3 is 2.57 bits per heavy atom. The van der Waals surface area contributed by atoms with Crippen LogP contribution in [0.15, 0.2) is 58.0 Å². The molecule has 5 heteroatoms. The van der Waals surface area contributed by atoms with Gasteiger partial charge in [0.15, 0.2) is 0 Å². The van der Waals surface area contributed by atoms with Crippen molar-refractivity contribution in [2.45, 2.75) is 6.54 Å². The Hall–Kier alpha value is -1.33. The molecule has 2 aromatic carbocycles. The van der Waals surface area contributed by atoms with Crippen LogP contribution in [-0.2, 0) is 6.54 Å². The van der Waals surface area contributed by atoms with Gasteiger partial charge in [0, 0.05) is 22.3 Å². The molecule has 0 amide bonds. The molecule has 21 heavy (non-hydrogen) atoms. The molecular formula is C16H14Br2FNO. The van der Waals surface area contributed by atoms with E-state index in [0.717, 1.165) is 25.9 Å². The van der Waals surface area contributed by atoms with Gasteiger partial charge in [-0.2, -0.15) is 0 Å². The molecule has 0 bridgehead atoms. The number of anilines is 1. The Morgan fingerprint density at radius 2 is 1.90 bits per heavy atom. The summed E-state index contributed by atoms with van der Waals surface area (Å²) in [4.78, 5) is 0. The second kappa shape index (κ2) is 7.61. The highest BCUT2D eigenvalue weighted by Crippen LogP contribution is 2.33. The van der Waals surface area contributed by atoms with Crippen LogP contribution in [-0.4, -0.2) is 6.61 Å². The Bertz CT molecular complexity index is 629. The molecule has 0 unspecified atom stereocenters. The minimum Gasteiger partial charge on any atom is -0.488 e. The highest BCUT2D eigenvalue weighted by Gasteiger charge is 2.10. The SMILES string of the molecule is C=CCOc1c(Br)cc(Br)cc1CNc1ccc(F)cc1. The molecule has 1 N–H and O–H groups in total. The zero-order chi connectivity index (χ0) is 15.2. The Kier molecular flexibility index (Phi) is 5.82. The zero-order valence-electron chi connectivity index (χ0n) is 11.2. The van der Waals surface area contributed by atoms with Crippen molar-refractivity contribution in [2.24, 2.45) is 0 Å². The van der Waals surface area contributed by atoms with Crippen molar-refractivity contribution in [1.82, 2.24) is 0 Å². The van der Waals surface area contributed by atoms with Crippen LogP contribution in [0.25, 0.3) is 0 Å². The lowest BCUT2D eigenvalue weighted by molar-refractivity contribution is 0.357. The molecule has 0 aromatic heterocycles. The first kappa shape index (κ1) is 16.0. The van der Waals surface area contributed by atoms with Crippen molar-refractivity contribution in [3.8, 4) is 5.75 Å². The van der Waals surface area contributed by atoms with Crippen LogP contribution in [0.1, 0.15) is 5.56 Å². The summed E-state index contributed by atoms with van der Waals surface area (Å²) in [6.45, 7) is 4.65. The van der Waals surface area contributed by atoms with Gasteiger partial charge in [0.25, 0.3) is 0 Å². The number of rotatable bonds is 6. The van der Waals surface area contributed by atoms with Crippen molar-refractivity contribution in [3.63, 3.8) is 0 Å². The summed E-state index contributed by atoms with van der Waals surface area (Å²) in [5.74, 6) is 0.522. The van der Waals surface area contributed by atoms with Gasteiger partial charge in [-0.3, -0.25) is 0 Å². The summed E-state index contributed by atoms with van der Waals surface area (Å²) in [6, 6.07) is 10.2. The van der Waals surface area contributed by atoms with Crippen molar-refractivity contribution in [3.05, 3.63) is 69.4 Å². The van der Waals surface area contributed by atoms with Crippen molar-refractivity contribution < 1.29 is 9.13 Å². The lowest BCUT2D eigenvalue weighted by atomic mass is 10.2. The molecule has 0 saturated carbocycles. The van der Waals surface area contributed by atoms with Gasteiger partial charge in [-0.1, -0.05) is 28.6 Å². The minimum absolute atomic E-state index is 0.249. The maximum absolute atomic E-state index is 12.9. The maximum atomic E-state index is 12.9. The second-order valence-electron chi connectivity index (χ2n) is 4.34. The van der Waals surface area contributed by atoms with Crippen LogP contribution in [0.4, 0.5) is 10.1 Å². The summed E-state index contributed by atoms with van der Waals surface area (Å²) >= 11 is 6.97. The fourth-order valence-corrected chi connectivity index (χ4v) is 3.24. The summed E-state index contributed by atoms with van der Waals surface area (Å²) in [5, 5.41) is 3.25. The number of hydrogen-bond donors (Lipinski definition) is 1. The average molecular weight is 415 g/mol. The van der Waals surface area contributed by atoms with E-state index >= 15 is 0 Å². The van der Waals surface area contributed by atoms with Crippen LogP contribution in [0, 0.1) is 5.82 Å². The first-order valence-corrected chi connectivity index (χ1v) is 7.90. The predicted molar refractivity (Wildman–Crippen MR) is 91.3 cm³/mol. The third kappa shape index (κ3) is 4.58. The molecule has 0 spiro atoms. The van der Waals surface area contributed by atoms with Gasteiger partial charge in [-0.15, -0.1) is 0 Å². The molecule has 0 heterocycles. The molecule has 2 nitrogen and oxygen atoms in total. The van der Waals surface area contributed by atoms with E-state index in [0.29, 0.717) is 13.2 Å². The van der Waals surface area contributed by atoms with Gasteiger partial charge >= 0.3 is 0 Å². The molecule has 0 aliphatic carbocycles. The molecular weight excluding hydrogens is 401 g/mol. The normalized spacial score (nSPS) is 10.2. The quantitative estimate of drug-likeness (QED) is 0.627. The first-order chi connectivity index (χ1) is 10.1. The number of nitrogens with one attached hydrogen (secondary N) is 1. The van der Waals surface area contributed by atoms with E-state index in [1.807, 2.05) is 12.1 Å². The second-order valence-corrected chi connectivity index (χ2v) is 6.11. The van der Waals surface area contributed by atoms with Gasteiger partial charge < -0.3 is 10.1 Å². The smallest absolute Gasteiger partial charge is 0.139 e. The minimum atomic E-state index is -0.249. The first-order valence-electron chi connectivity index (χ1n) is 6.31. The Balaban J connectivity index is 2.17. The Morgan fingerprint density at radius 1 is 1.19 bits per heavy atom. The van der Waals surface area contributed by atoms with Gasteiger partial charge in [-0.05, 0) is 52.3 Å². The summed E-state index contributed by atoms with van der Waals surface area (Å²) in [6.07, 6.45) is 1.70. The third-order valence-electron chi connectivity index (χ3n) is 2.76. The standard InChI is InChI=1S/C16H14Br2FNO/c1-2-7-21-16-11(8-12(17)9-15(16)18)10-20-14-5-3-13(19)4-6-14/h2-6,8-9,20H,1,7,10H2. The van der Waals surface area contributed by atoms with E-state index in [-0.39, 0.29) is 5.82 Å². The van der Waals surface area contributed by atoms with Crippen LogP contribution in [0.3, 0.4) is 0 Å². The largest absolute Gasteiger partial charge is 0.488 e. The molecule has 0 aliphatic heterocycles. The monoisotopic (exact) mass is 413 g/mol. The van der Waals surface area contributed by atoms with Gasteiger partial charge in [0.05, 0.1) is 4.47 Å². The number of ether oxygens (including phenoxy) is 1. The maximum Gasteiger partial charge on any atom is 0.139 e. The van der Waals surface area contributed by atoms with E-state index in [1.54, 1.807) is 18.2 Å². The number of hydrogen-bond acceptors (Lipinski definition) is 2. The summed E-state index contributed by atoms with van der Waals surface area (Å²) < 4.78 is 20.4. The van der Waals surface area contributed by atoms with E-state index < -0.39 is 0 Å². The van der Waals surface area contributed by atoms with E-state index in [2.05, 4.69) is 43.8 Å². The van der Waals surface area contributed by atoms with Gasteiger partial charge in [0.1, 0.15) is 18.2 Å². The summed E-state index contributed by atoms with van der Waals surface area (Å²) in [7, 11) is 0. The molecule has 0 aliphatic rings. The average Bonchev–Trinajstić information content (AvgIpc) is 2.45. The van der Waals surface area contributed by atoms with Gasteiger partial charge in [-0.25, -0.2) is 4.39 Å². The van der Waals surface area contributed by atoms with E-state index in [9.17, 15) is 4.39 Å². The third-order valence-corrected chi connectivity index (χ3v) is 3.80. The zero-order valence-corrected chi connectivity index (χ0v) is 14.4. The van der Waals surface area contributed by atoms with Crippen molar-refractivity contribution in [2.75, 3.05) is 11.9 Å². The molecule has 2 aromatic rings. The van der Waals surface area contributed by atoms with E-state index in [4.69, 9.17) is 4.74 Å². The van der Waals surface area contributed by atoms with Crippen LogP contribution < -0.4 is 10.1 Å². The van der Waals surface area contributed by atoms with E-state index in [1.165, 1.54) is 12.1 Å². The highest BCUT2D eigenvalue weighted by molar-refractivity contribution is 9.11. The van der Waals surface area contributed by atoms with Gasteiger partial charge in [0.2, 0.25) is 0 Å². The van der Waals surface area contributed by atoms with Crippen molar-refractivity contribution >= 4 is 37.5 Å². The predicted octanol–water partition coefficient (Wildman–Crippen LogP) is 5.53. The highest BCUT2D eigenvalue weighted by atomic mass is 79.9. The fraction of sp³-hybridized carbons (Fsp3) is 0.125. The van der Waals surface area contributed by atoms with Crippen molar-refractivity contribution in [1.29, 1.82) is 0 Å². The summed E-state index contributed by atoms with van der Waals surface area (Å²) in [5.41, 5.74) is 1.84. The lowest BCUT2D eigenvalue weighted by Gasteiger charge is -2.14. The lowest BCUT2D eigenvalue weighted by Crippen LogP contribution is -2.04. The molecule has 0 fully saturated rings.